The van der Waals surface area contributed by atoms with Gasteiger partial charge in [-0.05, 0) is 75.6 Å². The molecule has 0 saturated carbocycles. The second-order valence-electron chi connectivity index (χ2n) is 8.79. The maximum Gasteiger partial charge on any atom is 0.338 e. The highest BCUT2D eigenvalue weighted by atomic mass is 16.5. The van der Waals surface area contributed by atoms with E-state index in [-0.39, 0.29) is 48.2 Å². The van der Waals surface area contributed by atoms with Crippen molar-refractivity contribution in [3.8, 4) is 11.5 Å². The van der Waals surface area contributed by atoms with E-state index < -0.39 is 18.4 Å². The van der Waals surface area contributed by atoms with E-state index in [0.29, 0.717) is 17.2 Å². The molecule has 0 radical (unpaired) electrons. The molecule has 2 aliphatic rings. The molecule has 1 saturated heterocycles. The predicted molar refractivity (Wildman–Crippen MR) is 127 cm³/mol. The lowest BCUT2D eigenvalue weighted by atomic mass is 9.97. The quantitative estimate of drug-likeness (QED) is 0.478. The second kappa shape index (κ2) is 10.6. The third-order valence-electron chi connectivity index (χ3n) is 6.20. The van der Waals surface area contributed by atoms with Gasteiger partial charge in [0.1, 0.15) is 11.5 Å². The summed E-state index contributed by atoms with van der Waals surface area (Å²) < 4.78 is 16.0. The van der Waals surface area contributed by atoms with Crippen molar-refractivity contribution >= 4 is 29.3 Å². The summed E-state index contributed by atoms with van der Waals surface area (Å²) in [6.07, 6.45) is 3.11. The number of esters is 1. The minimum absolute atomic E-state index is 0.0556. The Balaban J connectivity index is 1.27. The van der Waals surface area contributed by atoms with E-state index in [2.05, 4.69) is 19.2 Å². The molecule has 1 N–H and O–H groups in total. The van der Waals surface area contributed by atoms with Gasteiger partial charge in [0.05, 0.1) is 11.3 Å². The van der Waals surface area contributed by atoms with Gasteiger partial charge in [-0.1, -0.05) is 0 Å². The standard InChI is InChI=1S/C26H28N2O7/c1-16-4-3-5-17(2)28(16)25(31)15-33-20-9-6-18(7-10-20)26(32)35-13-22(29)19-8-11-23-21(12-19)27-24(30)14-34-23/h6-12,16-17H,3-5,13-15H2,1-2H3,(H,27,30)/t16-,17-/m0/s1. The molecule has 9 heteroatoms. The predicted octanol–water partition coefficient (Wildman–Crippen LogP) is 3.23. The third-order valence-corrected chi connectivity index (χ3v) is 6.20. The van der Waals surface area contributed by atoms with Crippen LogP contribution in [-0.2, 0) is 14.3 Å². The highest BCUT2D eigenvalue weighted by Gasteiger charge is 2.29. The van der Waals surface area contributed by atoms with Crippen LogP contribution in [0.3, 0.4) is 0 Å². The maximum atomic E-state index is 12.6. The summed E-state index contributed by atoms with van der Waals surface area (Å²) in [4.78, 5) is 50.7. The van der Waals surface area contributed by atoms with Crippen molar-refractivity contribution < 1.29 is 33.4 Å². The normalized spacial score (nSPS) is 19.1. The molecule has 4 rings (SSSR count). The van der Waals surface area contributed by atoms with Crippen molar-refractivity contribution in [3.05, 3.63) is 53.6 Å². The Bertz CT molecular complexity index is 1120. The molecule has 2 heterocycles. The first kappa shape index (κ1) is 24.3. The summed E-state index contributed by atoms with van der Waals surface area (Å²) in [5.74, 6) is -0.503. The van der Waals surface area contributed by atoms with Crippen LogP contribution >= 0.6 is 0 Å². The topological polar surface area (TPSA) is 111 Å². The van der Waals surface area contributed by atoms with E-state index in [1.54, 1.807) is 24.3 Å². The molecule has 0 bridgehead atoms. The summed E-state index contributed by atoms with van der Waals surface area (Å²) in [5.41, 5.74) is 0.936. The van der Waals surface area contributed by atoms with Crippen LogP contribution in [0.5, 0.6) is 11.5 Å². The Kier molecular flexibility index (Phi) is 7.33. The fraction of sp³-hybridized carbons (Fsp3) is 0.385. The number of hydrogen-bond donors (Lipinski definition) is 1. The van der Waals surface area contributed by atoms with Gasteiger partial charge in [-0.3, -0.25) is 14.4 Å². The number of benzene rings is 2. The van der Waals surface area contributed by atoms with Gasteiger partial charge in [0, 0.05) is 17.6 Å². The Morgan fingerprint density at radius 1 is 1.00 bits per heavy atom. The SMILES string of the molecule is C[C@H]1CCC[C@H](C)N1C(=O)COc1ccc(C(=O)OCC(=O)c2ccc3c(c2)NC(=O)CO3)cc1. The Morgan fingerprint density at radius 2 is 1.69 bits per heavy atom. The van der Waals surface area contributed by atoms with E-state index in [1.807, 2.05) is 4.90 Å². The number of Topliss-reactive ketones (excluding diaryl/α,β-unsaturated/α-hetero) is 1. The van der Waals surface area contributed by atoms with Gasteiger partial charge in [0.2, 0.25) is 0 Å². The summed E-state index contributed by atoms with van der Waals surface area (Å²) in [6.45, 7) is 3.51. The van der Waals surface area contributed by atoms with Gasteiger partial charge >= 0.3 is 5.97 Å². The zero-order valence-corrected chi connectivity index (χ0v) is 19.7. The molecular weight excluding hydrogens is 452 g/mol. The number of amides is 2. The van der Waals surface area contributed by atoms with Crippen molar-refractivity contribution in [1.82, 2.24) is 4.90 Å². The first-order valence-corrected chi connectivity index (χ1v) is 11.6. The molecule has 2 atom stereocenters. The second-order valence-corrected chi connectivity index (χ2v) is 8.79. The zero-order chi connectivity index (χ0) is 24.9. The van der Waals surface area contributed by atoms with E-state index >= 15 is 0 Å². The van der Waals surface area contributed by atoms with Crippen LogP contribution in [0.1, 0.15) is 53.8 Å². The van der Waals surface area contributed by atoms with Crippen LogP contribution in [0.4, 0.5) is 5.69 Å². The maximum absolute atomic E-state index is 12.6. The molecule has 0 spiro atoms. The number of ketones is 1. The fourth-order valence-corrected chi connectivity index (χ4v) is 4.37. The van der Waals surface area contributed by atoms with Crippen LogP contribution in [-0.4, -0.2) is 60.4 Å². The highest BCUT2D eigenvalue weighted by Crippen LogP contribution is 2.28. The molecule has 2 aliphatic heterocycles. The minimum atomic E-state index is -0.661. The molecule has 2 aromatic carbocycles. The molecule has 2 aromatic rings. The molecule has 1 fully saturated rings. The first-order chi connectivity index (χ1) is 16.8. The van der Waals surface area contributed by atoms with E-state index in [1.165, 1.54) is 18.2 Å². The Morgan fingerprint density at radius 3 is 2.40 bits per heavy atom. The molecule has 0 unspecified atom stereocenters. The van der Waals surface area contributed by atoms with Crippen LogP contribution in [0.15, 0.2) is 42.5 Å². The molecule has 35 heavy (non-hydrogen) atoms. The van der Waals surface area contributed by atoms with Crippen molar-refractivity contribution in [3.63, 3.8) is 0 Å². The number of piperidine rings is 1. The zero-order valence-electron chi connectivity index (χ0n) is 19.7. The largest absolute Gasteiger partial charge is 0.484 e. The highest BCUT2D eigenvalue weighted by molar-refractivity contribution is 6.02. The lowest BCUT2D eigenvalue weighted by Crippen LogP contribution is -2.49. The first-order valence-electron chi connectivity index (χ1n) is 11.6. The lowest BCUT2D eigenvalue weighted by molar-refractivity contribution is -0.139. The number of carbonyl (C=O) groups is 4. The van der Waals surface area contributed by atoms with Gasteiger partial charge in [0.25, 0.3) is 11.8 Å². The van der Waals surface area contributed by atoms with Crippen molar-refractivity contribution in [2.24, 2.45) is 0 Å². The van der Waals surface area contributed by atoms with Gasteiger partial charge in [-0.25, -0.2) is 4.79 Å². The lowest BCUT2D eigenvalue weighted by Gasteiger charge is -2.38. The smallest absolute Gasteiger partial charge is 0.338 e. The van der Waals surface area contributed by atoms with Crippen LogP contribution in [0, 0.1) is 0 Å². The van der Waals surface area contributed by atoms with Gasteiger partial charge in [-0.15, -0.1) is 0 Å². The van der Waals surface area contributed by atoms with Crippen LogP contribution in [0.2, 0.25) is 0 Å². The fourth-order valence-electron chi connectivity index (χ4n) is 4.37. The number of rotatable bonds is 7. The number of nitrogens with zero attached hydrogens (tertiary/aromatic N) is 1. The summed E-state index contributed by atoms with van der Waals surface area (Å²) in [7, 11) is 0. The molecule has 0 aliphatic carbocycles. The molecule has 0 aromatic heterocycles. The summed E-state index contributed by atoms with van der Waals surface area (Å²) in [6, 6.07) is 11.2. The molecule has 9 nitrogen and oxygen atoms in total. The average molecular weight is 481 g/mol. The summed E-state index contributed by atoms with van der Waals surface area (Å²) >= 11 is 0. The van der Waals surface area contributed by atoms with Gasteiger partial charge in [0.15, 0.2) is 25.6 Å². The van der Waals surface area contributed by atoms with Crippen molar-refractivity contribution in [1.29, 1.82) is 0 Å². The monoisotopic (exact) mass is 480 g/mol. The van der Waals surface area contributed by atoms with Crippen LogP contribution < -0.4 is 14.8 Å². The summed E-state index contributed by atoms with van der Waals surface area (Å²) in [5, 5.41) is 2.63. The van der Waals surface area contributed by atoms with Crippen molar-refractivity contribution in [2.75, 3.05) is 25.1 Å². The van der Waals surface area contributed by atoms with Gasteiger partial charge < -0.3 is 24.4 Å². The van der Waals surface area contributed by atoms with Crippen molar-refractivity contribution in [2.45, 2.75) is 45.2 Å². The number of likely N-dealkylation sites (tertiary alicyclic amines) is 1. The minimum Gasteiger partial charge on any atom is -0.484 e. The van der Waals surface area contributed by atoms with E-state index in [9.17, 15) is 19.2 Å². The number of fused-ring (bicyclic) bond motifs is 1. The van der Waals surface area contributed by atoms with E-state index in [0.717, 1.165) is 19.3 Å². The number of anilines is 1. The number of ether oxygens (including phenoxy) is 3. The average Bonchev–Trinajstić information content (AvgIpc) is 2.85. The Labute approximate surface area is 203 Å². The Hall–Kier alpha value is -3.88. The number of hydrogen-bond acceptors (Lipinski definition) is 7. The number of nitrogens with one attached hydrogen (secondary N) is 1. The van der Waals surface area contributed by atoms with E-state index in [4.69, 9.17) is 14.2 Å². The molecular formula is C26H28N2O7. The van der Waals surface area contributed by atoms with Gasteiger partial charge in [-0.2, -0.15) is 0 Å². The van der Waals surface area contributed by atoms with Crippen LogP contribution in [0.25, 0.3) is 0 Å². The molecule has 2 amide bonds. The molecule has 184 valence electrons. The number of carbonyl (C=O) groups excluding carboxylic acids is 4. The third kappa shape index (κ3) is 5.79.